The lowest BCUT2D eigenvalue weighted by atomic mass is 10.2. The van der Waals surface area contributed by atoms with Crippen LogP contribution in [0.5, 0.6) is 0 Å². The third kappa shape index (κ3) is 4.30. The number of fused-ring (bicyclic) bond motifs is 1. The first-order valence-corrected chi connectivity index (χ1v) is 9.16. The zero-order valence-electron chi connectivity index (χ0n) is 14.6. The normalized spacial score (nSPS) is 11.7. The number of nitriles is 1. The van der Waals surface area contributed by atoms with Gasteiger partial charge in [0.05, 0.1) is 16.8 Å². The average molecular weight is 379 g/mol. The van der Waals surface area contributed by atoms with Gasteiger partial charge in [0.2, 0.25) is 0 Å². The summed E-state index contributed by atoms with van der Waals surface area (Å²) in [4.78, 5) is 17.2. The van der Waals surface area contributed by atoms with Crippen LogP contribution in [0.1, 0.15) is 5.82 Å². The highest BCUT2D eigenvalue weighted by Crippen LogP contribution is 2.22. The van der Waals surface area contributed by atoms with Gasteiger partial charge in [-0.15, -0.1) is 11.8 Å². The lowest BCUT2D eigenvalue weighted by Crippen LogP contribution is -2.11. The molecule has 0 saturated carbocycles. The largest absolute Gasteiger partial charge is 0.507 e. The number of carbonyl (C=O) groups excluding carboxylic acids is 1. The molecule has 0 bridgehead atoms. The van der Waals surface area contributed by atoms with E-state index in [-0.39, 0.29) is 23.7 Å². The molecular formula is C20H17N3O3S. The van der Waals surface area contributed by atoms with Crippen LogP contribution in [-0.4, -0.2) is 33.0 Å². The number of para-hydroxylation sites is 2. The first kappa shape index (κ1) is 18.5. The molecule has 0 unspecified atom stereocenters. The van der Waals surface area contributed by atoms with Crippen LogP contribution in [0.25, 0.3) is 16.6 Å². The minimum Gasteiger partial charge on any atom is -0.507 e. The van der Waals surface area contributed by atoms with Crippen LogP contribution in [0.2, 0.25) is 0 Å². The van der Waals surface area contributed by atoms with Crippen LogP contribution in [0.4, 0.5) is 0 Å². The maximum atomic E-state index is 11.9. The number of esters is 1. The minimum atomic E-state index is -0.474. The van der Waals surface area contributed by atoms with E-state index in [0.29, 0.717) is 11.3 Å². The highest BCUT2D eigenvalue weighted by atomic mass is 32.2. The molecule has 0 saturated heterocycles. The van der Waals surface area contributed by atoms with Gasteiger partial charge in [-0.2, -0.15) is 5.26 Å². The standard InChI is InChI=1S/C20H17N3O3S/c1-23-17-10-6-5-9-16(17)22-20(23)15(11-21)18(24)12-26-19(25)13-27-14-7-3-2-4-8-14/h2-10,24H,12-13H2,1H3/b18-15-. The molecule has 27 heavy (non-hydrogen) atoms. The number of hydrogen-bond acceptors (Lipinski definition) is 6. The van der Waals surface area contributed by atoms with Crippen molar-refractivity contribution in [2.24, 2.45) is 7.05 Å². The summed E-state index contributed by atoms with van der Waals surface area (Å²) >= 11 is 1.34. The first-order chi connectivity index (χ1) is 13.1. The fourth-order valence-corrected chi connectivity index (χ4v) is 3.25. The number of imidazole rings is 1. The van der Waals surface area contributed by atoms with Crippen molar-refractivity contribution in [3.8, 4) is 6.07 Å². The van der Waals surface area contributed by atoms with Crippen molar-refractivity contribution in [1.29, 1.82) is 5.26 Å². The van der Waals surface area contributed by atoms with Crippen molar-refractivity contribution < 1.29 is 14.6 Å². The van der Waals surface area contributed by atoms with E-state index < -0.39 is 5.97 Å². The molecule has 0 aliphatic rings. The molecule has 0 aliphatic carbocycles. The second-order valence-corrected chi connectivity index (χ2v) is 6.73. The van der Waals surface area contributed by atoms with Gasteiger partial charge in [0.15, 0.2) is 11.6 Å². The molecule has 2 aromatic carbocycles. The van der Waals surface area contributed by atoms with Gasteiger partial charge in [0.25, 0.3) is 0 Å². The topological polar surface area (TPSA) is 88.1 Å². The summed E-state index contributed by atoms with van der Waals surface area (Å²) in [6.45, 7) is -0.375. The van der Waals surface area contributed by atoms with Gasteiger partial charge in [-0.3, -0.25) is 4.79 Å². The summed E-state index contributed by atoms with van der Waals surface area (Å²) in [7, 11) is 1.76. The number of benzene rings is 2. The van der Waals surface area contributed by atoms with Crippen LogP contribution in [0.3, 0.4) is 0 Å². The van der Waals surface area contributed by atoms with Crippen LogP contribution in [0.15, 0.2) is 65.3 Å². The number of carbonyl (C=O) groups is 1. The molecule has 0 radical (unpaired) electrons. The SMILES string of the molecule is Cn1c(/C(C#N)=C(\O)COC(=O)CSc2ccccc2)nc2ccccc21. The Hall–Kier alpha value is -3.24. The molecule has 1 N–H and O–H groups in total. The number of thioether (sulfide) groups is 1. The molecule has 3 aromatic rings. The first-order valence-electron chi connectivity index (χ1n) is 8.17. The molecule has 0 spiro atoms. The summed E-state index contributed by atoms with van der Waals surface area (Å²) < 4.78 is 6.81. The number of ether oxygens (including phenoxy) is 1. The number of aryl methyl sites for hydroxylation is 1. The lowest BCUT2D eigenvalue weighted by Gasteiger charge is -2.07. The number of aliphatic hydroxyl groups excluding tert-OH is 1. The molecular weight excluding hydrogens is 362 g/mol. The summed E-state index contributed by atoms with van der Waals surface area (Å²) in [5.41, 5.74) is 1.54. The molecule has 6 nitrogen and oxygen atoms in total. The van der Waals surface area contributed by atoms with Gasteiger partial charge in [0.1, 0.15) is 18.2 Å². The van der Waals surface area contributed by atoms with Crippen LogP contribution in [-0.2, 0) is 16.6 Å². The van der Waals surface area contributed by atoms with Crippen molar-refractivity contribution in [3.05, 3.63) is 66.2 Å². The number of nitrogens with zero attached hydrogens (tertiary/aromatic N) is 3. The van der Waals surface area contributed by atoms with Crippen molar-refractivity contribution >= 4 is 34.3 Å². The number of hydrogen-bond donors (Lipinski definition) is 1. The molecule has 0 atom stereocenters. The highest BCUT2D eigenvalue weighted by molar-refractivity contribution is 8.00. The van der Waals surface area contributed by atoms with Crippen molar-refractivity contribution in [3.63, 3.8) is 0 Å². The van der Waals surface area contributed by atoms with E-state index in [9.17, 15) is 15.2 Å². The van der Waals surface area contributed by atoms with E-state index in [2.05, 4.69) is 4.98 Å². The number of allylic oxidation sites excluding steroid dienone is 1. The van der Waals surface area contributed by atoms with Crippen molar-refractivity contribution in [2.75, 3.05) is 12.4 Å². The predicted molar refractivity (Wildman–Crippen MR) is 104 cm³/mol. The monoisotopic (exact) mass is 379 g/mol. The van der Waals surface area contributed by atoms with Crippen LogP contribution >= 0.6 is 11.8 Å². The molecule has 1 aromatic heterocycles. The summed E-state index contributed by atoms with van der Waals surface area (Å²) in [6.07, 6.45) is 0. The molecule has 1 heterocycles. The Morgan fingerprint density at radius 3 is 2.63 bits per heavy atom. The second kappa shape index (κ2) is 8.43. The van der Waals surface area contributed by atoms with Crippen LogP contribution in [0, 0.1) is 11.3 Å². The zero-order valence-corrected chi connectivity index (χ0v) is 15.4. The van der Waals surface area contributed by atoms with Crippen LogP contribution < -0.4 is 0 Å². The Kier molecular flexibility index (Phi) is 5.79. The summed E-state index contributed by atoms with van der Waals surface area (Å²) in [5, 5.41) is 19.7. The van der Waals surface area contributed by atoms with Gasteiger partial charge in [-0.25, -0.2) is 4.98 Å². The fourth-order valence-electron chi connectivity index (χ4n) is 2.53. The van der Waals surface area contributed by atoms with Gasteiger partial charge < -0.3 is 14.4 Å². The van der Waals surface area contributed by atoms with E-state index in [1.165, 1.54) is 11.8 Å². The van der Waals surface area contributed by atoms with Gasteiger partial charge >= 0.3 is 5.97 Å². The Morgan fingerprint density at radius 2 is 1.93 bits per heavy atom. The van der Waals surface area contributed by atoms with E-state index in [1.807, 2.05) is 60.7 Å². The van der Waals surface area contributed by atoms with E-state index in [1.54, 1.807) is 11.6 Å². The maximum Gasteiger partial charge on any atom is 0.316 e. The molecule has 7 heteroatoms. The van der Waals surface area contributed by atoms with Gasteiger partial charge in [-0.05, 0) is 24.3 Å². The van der Waals surface area contributed by atoms with Crippen molar-refractivity contribution in [1.82, 2.24) is 9.55 Å². The third-order valence-corrected chi connectivity index (χ3v) is 4.87. The Bertz CT molecular complexity index is 1040. The number of aromatic nitrogens is 2. The Morgan fingerprint density at radius 1 is 1.22 bits per heavy atom. The summed E-state index contributed by atoms with van der Waals surface area (Å²) in [5.74, 6) is -0.358. The maximum absolute atomic E-state index is 11.9. The Labute approximate surface area is 160 Å². The molecule has 0 aliphatic heterocycles. The van der Waals surface area contributed by atoms with E-state index in [4.69, 9.17) is 4.74 Å². The van der Waals surface area contributed by atoms with Crippen molar-refractivity contribution in [2.45, 2.75) is 4.90 Å². The number of rotatable bonds is 6. The number of aliphatic hydroxyl groups is 1. The van der Waals surface area contributed by atoms with Gasteiger partial charge in [0, 0.05) is 11.9 Å². The third-order valence-electron chi connectivity index (χ3n) is 3.88. The molecule has 3 rings (SSSR count). The molecule has 136 valence electrons. The molecule has 0 fully saturated rings. The van der Waals surface area contributed by atoms with E-state index >= 15 is 0 Å². The highest BCUT2D eigenvalue weighted by Gasteiger charge is 2.17. The lowest BCUT2D eigenvalue weighted by molar-refractivity contribution is -0.140. The zero-order chi connectivity index (χ0) is 19.2. The molecule has 0 amide bonds. The summed E-state index contributed by atoms with van der Waals surface area (Å²) in [6, 6.07) is 18.8. The minimum absolute atomic E-state index is 0.0165. The van der Waals surface area contributed by atoms with Gasteiger partial charge in [-0.1, -0.05) is 30.3 Å². The fraction of sp³-hybridized carbons (Fsp3) is 0.150. The Balaban J connectivity index is 1.69. The predicted octanol–water partition coefficient (Wildman–Crippen LogP) is 3.70. The van der Waals surface area contributed by atoms with E-state index in [0.717, 1.165) is 10.4 Å². The smallest absolute Gasteiger partial charge is 0.316 e. The second-order valence-electron chi connectivity index (χ2n) is 5.68. The average Bonchev–Trinajstić information content (AvgIpc) is 3.03. The quantitative estimate of drug-likeness (QED) is 0.304.